The lowest BCUT2D eigenvalue weighted by molar-refractivity contribution is -0.131. The van der Waals surface area contributed by atoms with Gasteiger partial charge in [0, 0.05) is 11.6 Å². The molecule has 98 valence electrons. The predicted octanol–water partition coefficient (Wildman–Crippen LogP) is 0.632. The normalized spacial score (nSPS) is 14.2. The van der Waals surface area contributed by atoms with Crippen LogP contribution in [0.4, 0.5) is 0 Å². The number of fused-ring (bicyclic) bond motifs is 1. The molecule has 1 amide bonds. The smallest absolute Gasteiger partial charge is 0.328 e. The van der Waals surface area contributed by atoms with E-state index in [9.17, 15) is 14.4 Å². The Labute approximate surface area is 108 Å². The first kappa shape index (κ1) is 12.8. The summed E-state index contributed by atoms with van der Waals surface area (Å²) in [6.45, 7) is 0.765. The Bertz CT molecular complexity index is 576. The van der Waals surface area contributed by atoms with Crippen molar-refractivity contribution in [3.05, 3.63) is 41.5 Å². The molecular formula is C13H11NO5. The molecule has 0 saturated heterocycles. The number of benzene rings is 1. The van der Waals surface area contributed by atoms with E-state index in [0.717, 1.165) is 12.2 Å². The Kier molecular flexibility index (Phi) is 3.61. The topological polar surface area (TPSA) is 92.7 Å². The third-order valence-electron chi connectivity index (χ3n) is 2.53. The van der Waals surface area contributed by atoms with Gasteiger partial charge in [0.1, 0.15) is 12.4 Å². The standard InChI is InChI=1S/C13H11NO5/c15-10(2-4-12(16)17)8-1-3-11-9(7-8)13(18)14-5-6-19-11/h1-4,7H,5-6H2,(H,14,18)(H,16,17)/b4-2+. The van der Waals surface area contributed by atoms with Crippen LogP contribution in [-0.2, 0) is 4.79 Å². The Morgan fingerprint density at radius 3 is 2.84 bits per heavy atom. The highest BCUT2D eigenvalue weighted by Crippen LogP contribution is 2.22. The molecule has 0 spiro atoms. The predicted molar refractivity (Wildman–Crippen MR) is 65.4 cm³/mol. The largest absolute Gasteiger partial charge is 0.491 e. The fourth-order valence-corrected chi connectivity index (χ4v) is 1.65. The average Bonchev–Trinajstić information content (AvgIpc) is 2.58. The van der Waals surface area contributed by atoms with Gasteiger partial charge in [-0.25, -0.2) is 4.79 Å². The van der Waals surface area contributed by atoms with Crippen molar-refractivity contribution < 1.29 is 24.2 Å². The lowest BCUT2D eigenvalue weighted by Gasteiger charge is -2.06. The fraction of sp³-hybridized carbons (Fsp3) is 0.154. The van der Waals surface area contributed by atoms with Crippen LogP contribution in [0.25, 0.3) is 0 Å². The van der Waals surface area contributed by atoms with Gasteiger partial charge in [-0.1, -0.05) is 0 Å². The Morgan fingerprint density at radius 2 is 2.11 bits per heavy atom. The minimum atomic E-state index is -1.20. The third kappa shape index (κ3) is 2.98. The highest BCUT2D eigenvalue weighted by atomic mass is 16.5. The molecule has 0 bridgehead atoms. The highest BCUT2D eigenvalue weighted by Gasteiger charge is 2.17. The van der Waals surface area contributed by atoms with E-state index in [0.29, 0.717) is 18.9 Å². The number of carboxylic acids is 1. The number of aliphatic carboxylic acids is 1. The molecule has 1 heterocycles. The van der Waals surface area contributed by atoms with E-state index in [2.05, 4.69) is 5.32 Å². The lowest BCUT2D eigenvalue weighted by Crippen LogP contribution is -2.24. The average molecular weight is 261 g/mol. The van der Waals surface area contributed by atoms with Gasteiger partial charge in [-0.05, 0) is 24.3 Å². The minimum absolute atomic E-state index is 0.233. The van der Waals surface area contributed by atoms with Gasteiger partial charge in [0.25, 0.3) is 5.91 Å². The maximum atomic E-state index is 11.7. The monoisotopic (exact) mass is 261 g/mol. The molecule has 0 aromatic heterocycles. The number of hydrogen-bond acceptors (Lipinski definition) is 4. The molecule has 0 saturated carbocycles. The van der Waals surface area contributed by atoms with Crippen molar-refractivity contribution in [2.75, 3.05) is 13.2 Å². The molecule has 0 unspecified atom stereocenters. The van der Waals surface area contributed by atoms with Gasteiger partial charge >= 0.3 is 5.97 Å². The van der Waals surface area contributed by atoms with E-state index in [1.54, 1.807) is 0 Å². The first-order valence-corrected chi connectivity index (χ1v) is 5.58. The quantitative estimate of drug-likeness (QED) is 0.615. The number of carbonyl (C=O) groups is 3. The molecule has 1 aromatic rings. The van der Waals surface area contributed by atoms with Crippen molar-refractivity contribution in [3.8, 4) is 5.75 Å². The van der Waals surface area contributed by atoms with Crippen LogP contribution < -0.4 is 10.1 Å². The van der Waals surface area contributed by atoms with E-state index in [1.807, 2.05) is 0 Å². The van der Waals surface area contributed by atoms with Crippen LogP contribution in [0.5, 0.6) is 5.75 Å². The van der Waals surface area contributed by atoms with Gasteiger partial charge in [0.15, 0.2) is 5.78 Å². The molecular weight excluding hydrogens is 250 g/mol. The van der Waals surface area contributed by atoms with E-state index >= 15 is 0 Å². The van der Waals surface area contributed by atoms with E-state index < -0.39 is 11.8 Å². The second-order valence-electron chi connectivity index (χ2n) is 3.85. The van der Waals surface area contributed by atoms with Crippen molar-refractivity contribution in [1.82, 2.24) is 5.32 Å². The van der Waals surface area contributed by atoms with Crippen LogP contribution in [0.15, 0.2) is 30.4 Å². The minimum Gasteiger partial charge on any atom is -0.491 e. The summed E-state index contributed by atoms with van der Waals surface area (Å²) >= 11 is 0. The van der Waals surface area contributed by atoms with Gasteiger partial charge in [-0.3, -0.25) is 9.59 Å². The molecule has 0 aliphatic carbocycles. The van der Waals surface area contributed by atoms with E-state index in [4.69, 9.17) is 9.84 Å². The summed E-state index contributed by atoms with van der Waals surface area (Å²) in [5, 5.41) is 11.1. The SMILES string of the molecule is O=C(O)/C=C/C(=O)c1ccc2c(c1)C(=O)NCCO2. The molecule has 0 radical (unpaired) electrons. The highest BCUT2D eigenvalue weighted by molar-refractivity contribution is 6.08. The number of ether oxygens (including phenoxy) is 1. The molecule has 2 N–H and O–H groups in total. The molecule has 0 fully saturated rings. The van der Waals surface area contributed by atoms with Gasteiger partial charge in [-0.15, -0.1) is 0 Å². The maximum absolute atomic E-state index is 11.7. The zero-order chi connectivity index (χ0) is 13.8. The molecule has 6 nitrogen and oxygen atoms in total. The number of hydrogen-bond donors (Lipinski definition) is 2. The Hall–Kier alpha value is -2.63. The lowest BCUT2D eigenvalue weighted by atomic mass is 10.1. The maximum Gasteiger partial charge on any atom is 0.328 e. The Balaban J connectivity index is 2.32. The number of amides is 1. The summed E-state index contributed by atoms with van der Waals surface area (Å²) in [5.74, 6) is -1.59. The molecule has 1 aromatic carbocycles. The molecule has 1 aliphatic rings. The fourth-order valence-electron chi connectivity index (χ4n) is 1.65. The number of ketones is 1. The first-order valence-electron chi connectivity index (χ1n) is 5.58. The number of rotatable bonds is 3. The van der Waals surface area contributed by atoms with Crippen LogP contribution in [0, 0.1) is 0 Å². The van der Waals surface area contributed by atoms with Gasteiger partial charge in [-0.2, -0.15) is 0 Å². The zero-order valence-electron chi connectivity index (χ0n) is 9.88. The second-order valence-corrected chi connectivity index (χ2v) is 3.85. The third-order valence-corrected chi connectivity index (χ3v) is 2.53. The summed E-state index contributed by atoms with van der Waals surface area (Å²) < 4.78 is 5.35. The second kappa shape index (κ2) is 5.34. The molecule has 6 heteroatoms. The molecule has 1 aliphatic heterocycles. The summed E-state index contributed by atoms with van der Waals surface area (Å²) in [6.07, 6.45) is 1.70. The number of allylic oxidation sites excluding steroid dienone is 1. The van der Waals surface area contributed by atoms with Crippen LogP contribution in [0.2, 0.25) is 0 Å². The van der Waals surface area contributed by atoms with E-state index in [1.165, 1.54) is 18.2 Å². The summed E-state index contributed by atoms with van der Waals surface area (Å²) in [5.41, 5.74) is 0.504. The van der Waals surface area contributed by atoms with Crippen molar-refractivity contribution in [2.24, 2.45) is 0 Å². The van der Waals surface area contributed by atoms with Gasteiger partial charge in [0.2, 0.25) is 0 Å². The van der Waals surface area contributed by atoms with Gasteiger partial charge < -0.3 is 15.2 Å². The van der Waals surface area contributed by atoms with E-state index in [-0.39, 0.29) is 17.0 Å². The van der Waals surface area contributed by atoms with Crippen molar-refractivity contribution in [3.63, 3.8) is 0 Å². The Morgan fingerprint density at radius 1 is 1.32 bits per heavy atom. The van der Waals surface area contributed by atoms with Crippen molar-refractivity contribution >= 4 is 17.7 Å². The van der Waals surface area contributed by atoms with Gasteiger partial charge in [0.05, 0.1) is 12.1 Å². The number of carbonyl (C=O) groups excluding carboxylic acids is 2. The van der Waals surface area contributed by atoms with Crippen molar-refractivity contribution in [1.29, 1.82) is 0 Å². The number of nitrogens with one attached hydrogen (secondary N) is 1. The molecule has 2 rings (SSSR count). The summed E-state index contributed by atoms with van der Waals surface area (Å²) in [7, 11) is 0. The van der Waals surface area contributed by atoms with Crippen LogP contribution >= 0.6 is 0 Å². The van der Waals surface area contributed by atoms with Crippen molar-refractivity contribution in [2.45, 2.75) is 0 Å². The van der Waals surface area contributed by atoms with Crippen LogP contribution in [0.3, 0.4) is 0 Å². The number of carboxylic acid groups (broad SMARTS) is 1. The summed E-state index contributed by atoms with van der Waals surface area (Å²) in [6, 6.07) is 4.42. The molecule has 0 atom stereocenters. The van der Waals surface area contributed by atoms with Crippen LogP contribution in [0.1, 0.15) is 20.7 Å². The molecule has 19 heavy (non-hydrogen) atoms. The zero-order valence-corrected chi connectivity index (χ0v) is 9.88. The van der Waals surface area contributed by atoms with Crippen LogP contribution in [-0.4, -0.2) is 35.9 Å². The first-order chi connectivity index (χ1) is 9.08. The summed E-state index contributed by atoms with van der Waals surface area (Å²) in [4.78, 5) is 33.8.